The van der Waals surface area contributed by atoms with Crippen LogP contribution in [0.3, 0.4) is 0 Å². The smallest absolute Gasteiger partial charge is 0.126 e. The number of benzene rings is 2. The topological polar surface area (TPSA) is 61.8 Å². The van der Waals surface area contributed by atoms with Crippen molar-refractivity contribution in [1.29, 1.82) is 5.26 Å². The third-order valence-electron chi connectivity index (χ3n) is 2.32. The Labute approximate surface area is 109 Å². The minimum atomic E-state index is -0.444. The lowest BCUT2D eigenvalue weighted by molar-refractivity contribution is 0.628. The minimum Gasteiger partial charge on any atom is -0.397 e. The molecule has 0 spiro atoms. The molecule has 0 aliphatic rings. The van der Waals surface area contributed by atoms with Crippen molar-refractivity contribution in [1.82, 2.24) is 0 Å². The maximum Gasteiger partial charge on any atom is 0.126 e. The predicted molar refractivity (Wildman–Crippen MR) is 70.3 cm³/mol. The lowest BCUT2D eigenvalue weighted by Gasteiger charge is -2.10. The van der Waals surface area contributed by atoms with Gasteiger partial charge in [0.2, 0.25) is 0 Å². The summed E-state index contributed by atoms with van der Waals surface area (Å²) in [5.74, 6) is -0.444. The monoisotopic (exact) mass is 261 g/mol. The molecule has 2 aromatic rings. The number of nitrogens with one attached hydrogen (secondary N) is 1. The maximum atomic E-state index is 13.2. The fourth-order valence-corrected chi connectivity index (χ4v) is 1.74. The summed E-state index contributed by atoms with van der Waals surface area (Å²) in [5.41, 5.74) is 7.71. The normalized spacial score (nSPS) is 9.83. The second-order valence-electron chi connectivity index (χ2n) is 3.70. The van der Waals surface area contributed by atoms with Crippen molar-refractivity contribution >= 4 is 28.7 Å². The first kappa shape index (κ1) is 12.2. The van der Waals surface area contributed by atoms with Gasteiger partial charge >= 0.3 is 0 Å². The number of hydrogen-bond acceptors (Lipinski definition) is 3. The third-order valence-corrected chi connectivity index (χ3v) is 2.54. The maximum absolute atomic E-state index is 13.2. The lowest BCUT2D eigenvalue weighted by atomic mass is 10.2. The van der Waals surface area contributed by atoms with Gasteiger partial charge in [-0.1, -0.05) is 11.6 Å². The molecule has 0 fully saturated rings. The molecule has 3 N–H and O–H groups in total. The molecule has 0 saturated carbocycles. The molecule has 0 radical (unpaired) electrons. The Bertz CT molecular complexity index is 614. The van der Waals surface area contributed by atoms with Crippen molar-refractivity contribution in [3.05, 3.63) is 52.8 Å². The highest BCUT2D eigenvalue weighted by Gasteiger charge is 2.04. The van der Waals surface area contributed by atoms with Crippen molar-refractivity contribution in [2.24, 2.45) is 0 Å². The van der Waals surface area contributed by atoms with E-state index < -0.39 is 5.82 Å². The second-order valence-corrected chi connectivity index (χ2v) is 4.13. The molecule has 3 nitrogen and oxygen atoms in total. The van der Waals surface area contributed by atoms with Crippen LogP contribution in [0.15, 0.2) is 36.4 Å². The van der Waals surface area contributed by atoms with Crippen molar-refractivity contribution in [2.75, 3.05) is 11.1 Å². The summed E-state index contributed by atoms with van der Waals surface area (Å²) in [5, 5.41) is 12.0. The van der Waals surface area contributed by atoms with Crippen LogP contribution in [0.4, 0.5) is 21.5 Å². The first-order chi connectivity index (χ1) is 8.58. The molecule has 0 atom stereocenters. The van der Waals surface area contributed by atoms with Crippen molar-refractivity contribution in [2.45, 2.75) is 0 Å². The van der Waals surface area contributed by atoms with Gasteiger partial charge in [-0.25, -0.2) is 4.39 Å². The highest BCUT2D eigenvalue weighted by atomic mass is 35.5. The van der Waals surface area contributed by atoms with Crippen LogP contribution in [0.2, 0.25) is 5.02 Å². The molecule has 0 saturated heterocycles. The molecule has 2 rings (SSSR count). The molecule has 90 valence electrons. The summed E-state index contributed by atoms with van der Waals surface area (Å²) in [4.78, 5) is 0. The van der Waals surface area contributed by atoms with Crippen LogP contribution >= 0.6 is 11.6 Å². The van der Waals surface area contributed by atoms with Crippen LogP contribution in [0.1, 0.15) is 5.56 Å². The summed E-state index contributed by atoms with van der Waals surface area (Å²) in [6.07, 6.45) is 0. The Morgan fingerprint density at radius 1 is 1.22 bits per heavy atom. The predicted octanol–water partition coefficient (Wildman–Crippen LogP) is 3.68. The highest BCUT2D eigenvalue weighted by molar-refractivity contribution is 6.30. The van der Waals surface area contributed by atoms with Gasteiger partial charge in [-0.05, 0) is 36.4 Å². The van der Waals surface area contributed by atoms with Gasteiger partial charge < -0.3 is 11.1 Å². The minimum absolute atomic E-state index is 0.285. The van der Waals surface area contributed by atoms with Crippen LogP contribution in [-0.4, -0.2) is 0 Å². The summed E-state index contributed by atoms with van der Waals surface area (Å²) < 4.78 is 13.2. The molecule has 0 amide bonds. The Hall–Kier alpha value is -2.25. The standard InChI is InChI=1S/C13H9ClFN3/c14-9-4-10(15)6-11(5-9)18-13-3-8(7-16)1-2-12(13)17/h1-6,18H,17H2. The number of nitrogen functional groups attached to an aromatic ring is 1. The summed E-state index contributed by atoms with van der Waals surface area (Å²) in [6, 6.07) is 10.9. The van der Waals surface area contributed by atoms with E-state index >= 15 is 0 Å². The summed E-state index contributed by atoms with van der Waals surface area (Å²) in [6.45, 7) is 0. The molecule has 0 bridgehead atoms. The van der Waals surface area contributed by atoms with Gasteiger partial charge in [-0.15, -0.1) is 0 Å². The molecule has 2 aromatic carbocycles. The van der Waals surface area contributed by atoms with Gasteiger partial charge in [0.05, 0.1) is 23.0 Å². The van der Waals surface area contributed by atoms with Gasteiger partial charge in [-0.2, -0.15) is 5.26 Å². The van der Waals surface area contributed by atoms with E-state index in [4.69, 9.17) is 22.6 Å². The number of rotatable bonds is 2. The molecular weight excluding hydrogens is 253 g/mol. The van der Waals surface area contributed by atoms with Crippen LogP contribution in [-0.2, 0) is 0 Å². The third kappa shape index (κ3) is 2.70. The van der Waals surface area contributed by atoms with Crippen molar-refractivity contribution < 1.29 is 4.39 Å². The SMILES string of the molecule is N#Cc1ccc(N)c(Nc2cc(F)cc(Cl)c2)c1. The summed E-state index contributed by atoms with van der Waals surface area (Å²) >= 11 is 5.75. The zero-order valence-corrected chi connectivity index (χ0v) is 10.0. The zero-order valence-electron chi connectivity index (χ0n) is 9.24. The quantitative estimate of drug-likeness (QED) is 0.811. The van der Waals surface area contributed by atoms with Gasteiger partial charge in [0.1, 0.15) is 5.82 Å². The van der Waals surface area contributed by atoms with Gasteiger partial charge in [0.25, 0.3) is 0 Å². The number of nitrogens with two attached hydrogens (primary N) is 1. The lowest BCUT2D eigenvalue weighted by Crippen LogP contribution is -1.97. The Kier molecular flexibility index (Phi) is 3.35. The van der Waals surface area contributed by atoms with Crippen molar-refractivity contribution in [3.8, 4) is 6.07 Å². The van der Waals surface area contributed by atoms with Gasteiger partial charge in [-0.3, -0.25) is 0 Å². The fourth-order valence-electron chi connectivity index (χ4n) is 1.52. The number of halogens is 2. The van der Waals surface area contributed by atoms with Crippen LogP contribution in [0.25, 0.3) is 0 Å². The van der Waals surface area contributed by atoms with E-state index in [2.05, 4.69) is 5.32 Å². The molecular formula is C13H9ClFN3. The van der Waals surface area contributed by atoms with E-state index in [0.29, 0.717) is 22.6 Å². The highest BCUT2D eigenvalue weighted by Crippen LogP contribution is 2.26. The molecule has 0 heterocycles. The van der Waals surface area contributed by atoms with E-state index in [0.717, 1.165) is 0 Å². The van der Waals surface area contributed by atoms with E-state index in [1.807, 2.05) is 6.07 Å². The molecule has 18 heavy (non-hydrogen) atoms. The van der Waals surface area contributed by atoms with Crippen LogP contribution in [0, 0.1) is 17.1 Å². The number of hydrogen-bond donors (Lipinski definition) is 2. The zero-order chi connectivity index (χ0) is 13.1. The van der Waals surface area contributed by atoms with E-state index in [9.17, 15) is 4.39 Å². The van der Waals surface area contributed by atoms with Gasteiger partial charge in [0.15, 0.2) is 0 Å². The molecule has 0 unspecified atom stereocenters. The average Bonchev–Trinajstić information content (AvgIpc) is 2.30. The van der Waals surface area contributed by atoms with Crippen LogP contribution in [0.5, 0.6) is 0 Å². The largest absolute Gasteiger partial charge is 0.397 e. The Balaban J connectivity index is 2.36. The Morgan fingerprint density at radius 2 is 2.00 bits per heavy atom. The Morgan fingerprint density at radius 3 is 2.67 bits per heavy atom. The first-order valence-corrected chi connectivity index (χ1v) is 5.49. The number of nitriles is 1. The van der Waals surface area contributed by atoms with Crippen molar-refractivity contribution in [3.63, 3.8) is 0 Å². The van der Waals surface area contributed by atoms with E-state index in [1.165, 1.54) is 12.1 Å². The molecule has 0 aliphatic heterocycles. The molecule has 0 aromatic heterocycles. The summed E-state index contributed by atoms with van der Waals surface area (Å²) in [7, 11) is 0. The first-order valence-electron chi connectivity index (χ1n) is 5.11. The number of anilines is 3. The van der Waals surface area contributed by atoms with Gasteiger partial charge in [0, 0.05) is 10.7 Å². The fraction of sp³-hybridized carbons (Fsp3) is 0. The second kappa shape index (κ2) is 4.94. The number of nitrogens with zero attached hydrogens (tertiary/aromatic N) is 1. The van der Waals surface area contributed by atoms with Crippen LogP contribution < -0.4 is 11.1 Å². The molecule has 5 heteroatoms. The van der Waals surface area contributed by atoms with E-state index in [-0.39, 0.29) is 5.02 Å². The average molecular weight is 262 g/mol. The van der Waals surface area contributed by atoms with E-state index in [1.54, 1.807) is 24.3 Å². The molecule has 0 aliphatic carbocycles.